The fourth-order valence-corrected chi connectivity index (χ4v) is 2.29. The van der Waals surface area contributed by atoms with Gasteiger partial charge >= 0.3 is 0 Å². The molecule has 3 nitrogen and oxygen atoms in total. The van der Waals surface area contributed by atoms with Gasteiger partial charge < -0.3 is 4.74 Å². The van der Waals surface area contributed by atoms with Crippen LogP contribution < -0.4 is 0 Å². The lowest BCUT2D eigenvalue weighted by molar-refractivity contribution is -0.128. The van der Waals surface area contributed by atoms with Crippen molar-refractivity contribution in [3.05, 3.63) is 52.5 Å². The second-order valence-corrected chi connectivity index (χ2v) is 4.21. The summed E-state index contributed by atoms with van der Waals surface area (Å²) < 4.78 is 4.87. The Balaban J connectivity index is 2.25. The fraction of sp³-hybridized carbons (Fsp3) is 0.167. The molecule has 0 bridgehead atoms. The predicted octanol–water partition coefficient (Wildman–Crippen LogP) is 2.45. The van der Waals surface area contributed by atoms with Gasteiger partial charge in [-0.05, 0) is 5.56 Å². The molecular formula is C12H11NO2S. The van der Waals surface area contributed by atoms with Crippen LogP contribution in [0.3, 0.4) is 0 Å². The van der Waals surface area contributed by atoms with E-state index >= 15 is 0 Å². The summed E-state index contributed by atoms with van der Waals surface area (Å²) in [6, 6.07) is 9.97. The Morgan fingerprint density at radius 2 is 2.19 bits per heavy atom. The van der Waals surface area contributed by atoms with E-state index in [1.165, 1.54) is 0 Å². The van der Waals surface area contributed by atoms with Crippen molar-refractivity contribution in [1.82, 2.24) is 4.98 Å². The maximum atomic E-state index is 10.3. The number of hydrogen-bond acceptors (Lipinski definition) is 4. The van der Waals surface area contributed by atoms with Gasteiger partial charge in [0.15, 0.2) is 0 Å². The van der Waals surface area contributed by atoms with Crippen LogP contribution in [0, 0.1) is 0 Å². The minimum atomic E-state index is 0.0823. The zero-order chi connectivity index (χ0) is 11.2. The molecule has 4 heteroatoms. The molecule has 1 unspecified atom stereocenters. The SMILES string of the molecule is O=COCC(c1ccccc1)c1cncs1. The highest BCUT2D eigenvalue weighted by Gasteiger charge is 2.15. The van der Waals surface area contributed by atoms with Crippen LogP contribution in [0.4, 0.5) is 0 Å². The normalized spacial score (nSPS) is 12.0. The van der Waals surface area contributed by atoms with Gasteiger partial charge in [0.2, 0.25) is 0 Å². The third kappa shape index (κ3) is 2.46. The molecule has 1 aromatic carbocycles. The van der Waals surface area contributed by atoms with E-state index in [0.29, 0.717) is 13.1 Å². The molecule has 2 aromatic rings. The largest absolute Gasteiger partial charge is 0.467 e. The van der Waals surface area contributed by atoms with Crippen molar-refractivity contribution in [3.8, 4) is 0 Å². The molecule has 0 N–H and O–H groups in total. The fourth-order valence-electron chi connectivity index (χ4n) is 1.56. The van der Waals surface area contributed by atoms with Gasteiger partial charge in [-0.2, -0.15) is 0 Å². The van der Waals surface area contributed by atoms with E-state index in [1.807, 2.05) is 36.5 Å². The standard InChI is InChI=1S/C12H11NO2S/c14-9-15-7-11(12-6-13-8-16-12)10-4-2-1-3-5-10/h1-6,8-9,11H,7H2. The first kappa shape index (κ1) is 10.8. The number of hydrogen-bond donors (Lipinski definition) is 0. The number of benzene rings is 1. The van der Waals surface area contributed by atoms with Gasteiger partial charge in [0.05, 0.1) is 11.4 Å². The van der Waals surface area contributed by atoms with Crippen LogP contribution in [0.5, 0.6) is 0 Å². The number of thiazole rings is 1. The molecule has 1 aromatic heterocycles. The monoisotopic (exact) mass is 233 g/mol. The first-order valence-corrected chi connectivity index (χ1v) is 5.78. The number of carbonyl (C=O) groups is 1. The number of aromatic nitrogens is 1. The molecule has 2 rings (SSSR count). The van der Waals surface area contributed by atoms with Crippen molar-refractivity contribution in [2.45, 2.75) is 5.92 Å². The summed E-state index contributed by atoms with van der Waals surface area (Å²) in [4.78, 5) is 15.4. The highest BCUT2D eigenvalue weighted by molar-refractivity contribution is 7.09. The predicted molar refractivity (Wildman–Crippen MR) is 62.4 cm³/mol. The Morgan fingerprint density at radius 1 is 1.38 bits per heavy atom. The maximum absolute atomic E-state index is 10.3. The van der Waals surface area contributed by atoms with Crippen LogP contribution in [0.1, 0.15) is 16.4 Å². The van der Waals surface area contributed by atoms with E-state index in [1.54, 1.807) is 16.8 Å². The van der Waals surface area contributed by atoms with E-state index in [0.717, 1.165) is 10.4 Å². The van der Waals surface area contributed by atoms with Crippen molar-refractivity contribution in [3.63, 3.8) is 0 Å². The molecule has 0 aliphatic heterocycles. The number of nitrogens with zero attached hydrogens (tertiary/aromatic N) is 1. The second-order valence-electron chi connectivity index (χ2n) is 3.30. The van der Waals surface area contributed by atoms with Crippen LogP contribution in [0.15, 0.2) is 42.0 Å². The summed E-state index contributed by atoms with van der Waals surface area (Å²) in [5, 5.41) is 0. The van der Waals surface area contributed by atoms with Gasteiger partial charge in [-0.1, -0.05) is 30.3 Å². The minimum Gasteiger partial charge on any atom is -0.467 e. The highest BCUT2D eigenvalue weighted by atomic mass is 32.1. The average Bonchev–Trinajstić information content (AvgIpc) is 2.85. The van der Waals surface area contributed by atoms with E-state index in [-0.39, 0.29) is 5.92 Å². The van der Waals surface area contributed by atoms with E-state index in [4.69, 9.17) is 4.74 Å². The maximum Gasteiger partial charge on any atom is 0.293 e. The van der Waals surface area contributed by atoms with E-state index in [9.17, 15) is 4.79 Å². The molecule has 0 fully saturated rings. The number of rotatable bonds is 5. The summed E-state index contributed by atoms with van der Waals surface area (Å²) in [6.07, 6.45) is 1.82. The first-order chi connectivity index (χ1) is 7.92. The number of carbonyl (C=O) groups excluding carboxylic acids is 1. The second kappa shape index (κ2) is 5.42. The third-order valence-electron chi connectivity index (χ3n) is 2.33. The van der Waals surface area contributed by atoms with Gasteiger partial charge in [0, 0.05) is 11.1 Å². The van der Waals surface area contributed by atoms with Crippen molar-refractivity contribution < 1.29 is 9.53 Å². The first-order valence-electron chi connectivity index (χ1n) is 4.90. The summed E-state index contributed by atoms with van der Waals surface area (Å²) in [5.41, 5.74) is 2.92. The summed E-state index contributed by atoms with van der Waals surface area (Å²) in [7, 11) is 0. The molecule has 82 valence electrons. The molecule has 0 aliphatic carbocycles. The Morgan fingerprint density at radius 3 is 2.81 bits per heavy atom. The quantitative estimate of drug-likeness (QED) is 0.745. The van der Waals surface area contributed by atoms with Gasteiger partial charge in [-0.3, -0.25) is 9.78 Å². The Kier molecular flexibility index (Phi) is 3.66. The molecule has 16 heavy (non-hydrogen) atoms. The highest BCUT2D eigenvalue weighted by Crippen LogP contribution is 2.27. The van der Waals surface area contributed by atoms with Crippen molar-refractivity contribution >= 4 is 17.8 Å². The van der Waals surface area contributed by atoms with Gasteiger partial charge in [0.25, 0.3) is 6.47 Å². The number of ether oxygens (including phenoxy) is 1. The molecule has 0 saturated heterocycles. The van der Waals surface area contributed by atoms with Gasteiger partial charge in [-0.15, -0.1) is 11.3 Å². The Labute approximate surface area is 97.7 Å². The molecule has 0 saturated carbocycles. The molecule has 0 radical (unpaired) electrons. The lowest BCUT2D eigenvalue weighted by Crippen LogP contribution is -2.07. The zero-order valence-corrected chi connectivity index (χ0v) is 9.39. The Hall–Kier alpha value is -1.68. The lowest BCUT2D eigenvalue weighted by Gasteiger charge is -2.13. The van der Waals surface area contributed by atoms with Crippen LogP contribution in [0.2, 0.25) is 0 Å². The Bertz CT molecular complexity index is 428. The van der Waals surface area contributed by atoms with Gasteiger partial charge in [0.1, 0.15) is 6.61 Å². The molecule has 0 spiro atoms. The van der Waals surface area contributed by atoms with E-state index in [2.05, 4.69) is 4.98 Å². The van der Waals surface area contributed by atoms with E-state index < -0.39 is 0 Å². The third-order valence-corrected chi connectivity index (χ3v) is 3.22. The molecule has 0 amide bonds. The molecule has 0 aliphatic rings. The lowest BCUT2D eigenvalue weighted by atomic mass is 9.99. The summed E-state index contributed by atoms with van der Waals surface area (Å²) >= 11 is 1.57. The molecule has 1 atom stereocenters. The van der Waals surface area contributed by atoms with Crippen molar-refractivity contribution in [1.29, 1.82) is 0 Å². The topological polar surface area (TPSA) is 39.2 Å². The van der Waals surface area contributed by atoms with Crippen LogP contribution in [-0.4, -0.2) is 18.1 Å². The van der Waals surface area contributed by atoms with Crippen molar-refractivity contribution in [2.24, 2.45) is 0 Å². The average molecular weight is 233 g/mol. The van der Waals surface area contributed by atoms with Crippen LogP contribution >= 0.6 is 11.3 Å². The molecule has 1 heterocycles. The van der Waals surface area contributed by atoms with Crippen LogP contribution in [-0.2, 0) is 9.53 Å². The van der Waals surface area contributed by atoms with Crippen LogP contribution in [0.25, 0.3) is 0 Å². The smallest absolute Gasteiger partial charge is 0.293 e. The van der Waals surface area contributed by atoms with Crippen molar-refractivity contribution in [2.75, 3.05) is 6.61 Å². The minimum absolute atomic E-state index is 0.0823. The summed E-state index contributed by atoms with van der Waals surface area (Å²) in [6.45, 7) is 0.840. The summed E-state index contributed by atoms with van der Waals surface area (Å²) in [5.74, 6) is 0.0823. The van der Waals surface area contributed by atoms with Gasteiger partial charge in [-0.25, -0.2) is 0 Å². The molecular weight excluding hydrogens is 222 g/mol. The zero-order valence-electron chi connectivity index (χ0n) is 8.58.